The van der Waals surface area contributed by atoms with Gasteiger partial charge in [0.2, 0.25) is 0 Å². The predicted molar refractivity (Wildman–Crippen MR) is 81.7 cm³/mol. The Kier molecular flexibility index (Phi) is 5.62. The van der Waals surface area contributed by atoms with E-state index in [1.807, 2.05) is 30.3 Å². The van der Waals surface area contributed by atoms with E-state index in [9.17, 15) is 14.7 Å². The highest BCUT2D eigenvalue weighted by Gasteiger charge is 2.22. The quantitative estimate of drug-likeness (QED) is 0.841. The van der Waals surface area contributed by atoms with E-state index in [0.717, 1.165) is 11.3 Å². The number of rotatable bonds is 6. The van der Waals surface area contributed by atoms with Crippen LogP contribution in [0.5, 0.6) is 0 Å². The number of carbonyl (C=O) groups is 2. The van der Waals surface area contributed by atoms with Crippen molar-refractivity contribution in [2.45, 2.75) is 26.0 Å². The third kappa shape index (κ3) is 5.39. The molecule has 0 aliphatic carbocycles. The monoisotopic (exact) mass is 315 g/mol. The summed E-state index contributed by atoms with van der Waals surface area (Å²) < 4.78 is 5.02. The second-order valence-electron chi connectivity index (χ2n) is 4.95. The molecule has 1 unspecified atom stereocenters. The number of carboxylic acid groups (broad SMARTS) is 1. The number of amides is 1. The molecular weight excluding hydrogens is 298 g/mol. The summed E-state index contributed by atoms with van der Waals surface area (Å²) in [5.41, 5.74) is 2.03. The molecule has 0 bridgehead atoms. The van der Waals surface area contributed by atoms with Crippen molar-refractivity contribution in [1.82, 2.24) is 15.3 Å². The average molecular weight is 315 g/mol. The number of nitrogens with zero attached hydrogens (tertiary/aromatic N) is 2. The van der Waals surface area contributed by atoms with Crippen LogP contribution in [-0.4, -0.2) is 33.2 Å². The average Bonchev–Trinajstić information content (AvgIpc) is 2.55. The fourth-order valence-corrected chi connectivity index (χ4v) is 1.84. The lowest BCUT2D eigenvalue weighted by atomic mass is 10.1. The van der Waals surface area contributed by atoms with Crippen LogP contribution in [0.25, 0.3) is 0 Å². The van der Waals surface area contributed by atoms with Crippen LogP contribution in [0.4, 0.5) is 4.79 Å². The van der Waals surface area contributed by atoms with Crippen LogP contribution in [0.2, 0.25) is 0 Å². The van der Waals surface area contributed by atoms with Gasteiger partial charge < -0.3 is 15.2 Å². The van der Waals surface area contributed by atoms with E-state index in [-0.39, 0.29) is 13.0 Å². The molecule has 1 amide bonds. The van der Waals surface area contributed by atoms with E-state index < -0.39 is 18.1 Å². The van der Waals surface area contributed by atoms with Gasteiger partial charge in [-0.1, -0.05) is 30.3 Å². The summed E-state index contributed by atoms with van der Waals surface area (Å²) in [5.74, 6) is -1.16. The zero-order valence-corrected chi connectivity index (χ0v) is 12.6. The van der Waals surface area contributed by atoms with Gasteiger partial charge in [-0.3, -0.25) is 9.97 Å². The van der Waals surface area contributed by atoms with Crippen LogP contribution in [0.3, 0.4) is 0 Å². The number of hydrogen-bond donors (Lipinski definition) is 2. The lowest BCUT2D eigenvalue weighted by Gasteiger charge is -2.14. The lowest BCUT2D eigenvalue weighted by Crippen LogP contribution is -2.42. The molecule has 7 heteroatoms. The molecule has 2 aromatic rings. The van der Waals surface area contributed by atoms with Crippen LogP contribution >= 0.6 is 0 Å². The topological polar surface area (TPSA) is 101 Å². The highest BCUT2D eigenvalue weighted by Crippen LogP contribution is 2.03. The number of nitrogens with one attached hydrogen (secondary N) is 1. The number of benzene rings is 1. The van der Waals surface area contributed by atoms with Gasteiger partial charge in [0.25, 0.3) is 0 Å². The van der Waals surface area contributed by atoms with Gasteiger partial charge in [0, 0.05) is 18.8 Å². The third-order valence-corrected chi connectivity index (χ3v) is 3.05. The largest absolute Gasteiger partial charge is 0.480 e. The Labute approximate surface area is 133 Å². The highest BCUT2D eigenvalue weighted by molar-refractivity contribution is 5.80. The number of aryl methyl sites for hydroxylation is 1. The summed E-state index contributed by atoms with van der Waals surface area (Å²) in [4.78, 5) is 31.1. The normalized spacial score (nSPS) is 11.5. The fraction of sp³-hybridized carbons (Fsp3) is 0.250. The van der Waals surface area contributed by atoms with Gasteiger partial charge in [-0.15, -0.1) is 0 Å². The minimum absolute atomic E-state index is 0.0308. The smallest absolute Gasteiger partial charge is 0.408 e. The number of ether oxygens (including phenoxy) is 1. The summed E-state index contributed by atoms with van der Waals surface area (Å²) in [6, 6.07) is 8.00. The zero-order valence-electron chi connectivity index (χ0n) is 12.6. The van der Waals surface area contributed by atoms with Crippen molar-refractivity contribution in [2.24, 2.45) is 0 Å². The van der Waals surface area contributed by atoms with E-state index in [4.69, 9.17) is 4.74 Å². The van der Waals surface area contributed by atoms with Crippen molar-refractivity contribution in [3.63, 3.8) is 0 Å². The van der Waals surface area contributed by atoms with Gasteiger partial charge in [0.15, 0.2) is 0 Å². The maximum Gasteiger partial charge on any atom is 0.408 e. The van der Waals surface area contributed by atoms with E-state index in [1.165, 1.54) is 6.20 Å². The van der Waals surface area contributed by atoms with Gasteiger partial charge >= 0.3 is 12.1 Å². The number of aliphatic carboxylic acids is 1. The number of carbonyl (C=O) groups excluding carboxylic acids is 1. The Hall–Kier alpha value is -2.96. The number of alkyl carbamates (subject to hydrolysis) is 1. The van der Waals surface area contributed by atoms with Crippen molar-refractivity contribution in [3.05, 3.63) is 59.7 Å². The molecule has 0 spiro atoms. The molecular formula is C16H17N3O4. The first-order valence-corrected chi connectivity index (χ1v) is 7.02. The standard InChI is InChI=1S/C16H17N3O4/c1-11-8-18-13(9-17-11)7-14(15(20)21)19-16(22)23-10-12-5-3-2-4-6-12/h2-6,8-9,14H,7,10H2,1H3,(H,19,22)(H,20,21). The number of carboxylic acids is 1. The zero-order chi connectivity index (χ0) is 16.7. The molecule has 23 heavy (non-hydrogen) atoms. The first kappa shape index (κ1) is 16.4. The molecule has 2 rings (SSSR count). The Bertz CT molecular complexity index is 659. The van der Waals surface area contributed by atoms with Crippen molar-refractivity contribution in [3.8, 4) is 0 Å². The Morgan fingerprint density at radius 1 is 1.22 bits per heavy atom. The van der Waals surface area contributed by atoms with E-state index in [2.05, 4.69) is 15.3 Å². The second-order valence-corrected chi connectivity index (χ2v) is 4.95. The molecule has 0 aliphatic heterocycles. The van der Waals surface area contributed by atoms with E-state index >= 15 is 0 Å². The maximum atomic E-state index is 11.7. The van der Waals surface area contributed by atoms with E-state index in [0.29, 0.717) is 5.69 Å². The van der Waals surface area contributed by atoms with Crippen molar-refractivity contribution >= 4 is 12.1 Å². The summed E-state index contributed by atoms with van der Waals surface area (Å²) in [5, 5.41) is 11.5. The predicted octanol–water partition coefficient (Wildman–Crippen LogP) is 1.71. The Morgan fingerprint density at radius 2 is 1.96 bits per heavy atom. The van der Waals surface area contributed by atoms with Crippen molar-refractivity contribution in [2.75, 3.05) is 0 Å². The van der Waals surface area contributed by atoms with Gasteiger partial charge in [0.1, 0.15) is 12.6 Å². The van der Waals surface area contributed by atoms with Crippen molar-refractivity contribution in [1.29, 1.82) is 0 Å². The summed E-state index contributed by atoms with van der Waals surface area (Å²) in [6.45, 7) is 1.86. The molecule has 2 N–H and O–H groups in total. The minimum atomic E-state index is -1.16. The Balaban J connectivity index is 1.89. The molecule has 0 saturated carbocycles. The summed E-state index contributed by atoms with van der Waals surface area (Å²) in [7, 11) is 0. The number of aromatic nitrogens is 2. The molecule has 0 aliphatic rings. The molecule has 7 nitrogen and oxygen atoms in total. The third-order valence-electron chi connectivity index (χ3n) is 3.05. The molecule has 1 aromatic heterocycles. The summed E-state index contributed by atoms with van der Waals surface area (Å²) >= 11 is 0. The van der Waals surface area contributed by atoms with Crippen LogP contribution in [0.1, 0.15) is 17.0 Å². The van der Waals surface area contributed by atoms with Crippen LogP contribution in [-0.2, 0) is 22.6 Å². The molecule has 120 valence electrons. The van der Waals surface area contributed by atoms with Crippen LogP contribution < -0.4 is 5.32 Å². The first-order chi connectivity index (χ1) is 11.0. The number of hydrogen-bond acceptors (Lipinski definition) is 5. The van der Waals surface area contributed by atoms with Gasteiger partial charge in [0.05, 0.1) is 11.4 Å². The van der Waals surface area contributed by atoms with Crippen LogP contribution in [0.15, 0.2) is 42.7 Å². The lowest BCUT2D eigenvalue weighted by molar-refractivity contribution is -0.139. The molecule has 0 fully saturated rings. The minimum Gasteiger partial charge on any atom is -0.480 e. The molecule has 1 heterocycles. The molecule has 0 radical (unpaired) electrons. The second kappa shape index (κ2) is 7.88. The van der Waals surface area contributed by atoms with E-state index in [1.54, 1.807) is 13.1 Å². The van der Waals surface area contributed by atoms with Gasteiger partial charge in [-0.05, 0) is 12.5 Å². The maximum absolute atomic E-state index is 11.7. The highest BCUT2D eigenvalue weighted by atomic mass is 16.5. The fourth-order valence-electron chi connectivity index (χ4n) is 1.84. The van der Waals surface area contributed by atoms with Gasteiger partial charge in [-0.25, -0.2) is 9.59 Å². The summed E-state index contributed by atoms with van der Waals surface area (Å²) in [6.07, 6.45) is 2.27. The SMILES string of the molecule is Cc1cnc(CC(NC(=O)OCc2ccccc2)C(=O)O)cn1. The first-order valence-electron chi connectivity index (χ1n) is 7.02. The molecule has 1 aromatic carbocycles. The molecule has 0 saturated heterocycles. The van der Waals surface area contributed by atoms with Crippen molar-refractivity contribution < 1.29 is 19.4 Å². The van der Waals surface area contributed by atoms with Gasteiger partial charge in [-0.2, -0.15) is 0 Å². The molecule has 1 atom stereocenters. The Morgan fingerprint density at radius 3 is 2.57 bits per heavy atom. The van der Waals surface area contributed by atoms with Crippen LogP contribution in [0, 0.1) is 6.92 Å².